The molecule has 5 heterocycles. The quantitative estimate of drug-likeness (QED) is 0.240. The normalized spacial score (nSPS) is 12.4. The average molecular weight is 504 g/mol. The van der Waals surface area contributed by atoms with E-state index in [2.05, 4.69) is 48.5 Å². The Kier molecular flexibility index (Phi) is 6.92. The van der Waals surface area contributed by atoms with Crippen molar-refractivity contribution in [2.45, 2.75) is 6.92 Å². The molecule has 0 bridgehead atoms. The van der Waals surface area contributed by atoms with Gasteiger partial charge in [0.25, 0.3) is 0 Å². The van der Waals surface area contributed by atoms with Crippen LogP contribution in [0.3, 0.4) is 0 Å². The Labute approximate surface area is 220 Å². The summed E-state index contributed by atoms with van der Waals surface area (Å²) in [5, 5.41) is 10.9. The van der Waals surface area contributed by atoms with Crippen LogP contribution < -0.4 is 5.32 Å². The van der Waals surface area contributed by atoms with Crippen molar-refractivity contribution >= 4 is 27.6 Å². The maximum Gasteiger partial charge on any atom is 0.161 e. The molecule has 0 spiro atoms. The lowest BCUT2D eigenvalue weighted by atomic mass is 10.1. The number of imidazole rings is 1. The maximum absolute atomic E-state index is 4.96. The summed E-state index contributed by atoms with van der Waals surface area (Å²) in [5.41, 5.74) is 9.07. The summed E-state index contributed by atoms with van der Waals surface area (Å²) in [5.74, 6) is 0.611. The molecule has 0 fully saturated rings. The number of hydrogen-bond donors (Lipinski definition) is 3. The van der Waals surface area contributed by atoms with Crippen molar-refractivity contribution < 1.29 is 0 Å². The zero-order valence-corrected chi connectivity index (χ0v) is 21.7. The number of H-pyrrole nitrogens is 2. The number of aromatic amines is 2. The molecule has 5 aromatic rings. The fraction of sp³-hybridized carbons (Fsp3) is 0.138. The SMILES string of the molecule is C=C/C(=C\C(=C/C)c1ccc2[nH]nc(-c3nc4c(-c5cccnc5)cncc4[nH]3)c2n1)NC(=C)CN(C)C. The van der Waals surface area contributed by atoms with Gasteiger partial charge in [-0.15, -0.1) is 0 Å². The molecule has 38 heavy (non-hydrogen) atoms. The van der Waals surface area contributed by atoms with Crippen molar-refractivity contribution in [3.63, 3.8) is 0 Å². The summed E-state index contributed by atoms with van der Waals surface area (Å²) in [7, 11) is 4.00. The van der Waals surface area contributed by atoms with Crippen LogP contribution in [0.1, 0.15) is 12.6 Å². The molecule has 3 N–H and O–H groups in total. The maximum atomic E-state index is 4.96. The van der Waals surface area contributed by atoms with Gasteiger partial charge in [-0.2, -0.15) is 5.10 Å². The zero-order chi connectivity index (χ0) is 26.6. The molecule has 0 aromatic carbocycles. The van der Waals surface area contributed by atoms with Crippen LogP contribution in [-0.2, 0) is 0 Å². The van der Waals surface area contributed by atoms with E-state index in [0.29, 0.717) is 18.1 Å². The lowest BCUT2D eigenvalue weighted by molar-refractivity contribution is 0.438. The van der Waals surface area contributed by atoms with E-state index < -0.39 is 0 Å². The van der Waals surface area contributed by atoms with Crippen LogP contribution in [0.15, 0.2) is 91.8 Å². The second-order valence-corrected chi connectivity index (χ2v) is 9.09. The lowest BCUT2D eigenvalue weighted by Gasteiger charge is -2.15. The summed E-state index contributed by atoms with van der Waals surface area (Å²) < 4.78 is 0. The number of likely N-dealkylation sites (N-methyl/N-ethyl adjacent to an activating group) is 1. The van der Waals surface area contributed by atoms with Crippen LogP contribution in [0.2, 0.25) is 0 Å². The highest BCUT2D eigenvalue weighted by atomic mass is 15.2. The Bertz CT molecular complexity index is 1690. The van der Waals surface area contributed by atoms with E-state index in [1.165, 1.54) is 0 Å². The first-order valence-electron chi connectivity index (χ1n) is 12.2. The van der Waals surface area contributed by atoms with E-state index in [0.717, 1.165) is 55.9 Å². The summed E-state index contributed by atoms with van der Waals surface area (Å²) in [6.07, 6.45) is 12.9. The Morgan fingerprint density at radius 2 is 1.92 bits per heavy atom. The highest BCUT2D eigenvalue weighted by molar-refractivity contribution is 5.95. The van der Waals surface area contributed by atoms with Gasteiger partial charge >= 0.3 is 0 Å². The Morgan fingerprint density at radius 1 is 1.05 bits per heavy atom. The first-order valence-corrected chi connectivity index (χ1v) is 12.2. The van der Waals surface area contributed by atoms with Crippen molar-refractivity contribution in [1.82, 2.24) is 45.3 Å². The number of fused-ring (bicyclic) bond motifs is 2. The minimum absolute atomic E-state index is 0.611. The molecule has 0 radical (unpaired) electrons. The molecule has 0 aliphatic carbocycles. The third-order valence-corrected chi connectivity index (χ3v) is 5.96. The lowest BCUT2D eigenvalue weighted by Crippen LogP contribution is -2.23. The number of nitrogens with one attached hydrogen (secondary N) is 3. The highest BCUT2D eigenvalue weighted by Crippen LogP contribution is 2.30. The number of nitrogens with zero attached hydrogens (tertiary/aromatic N) is 6. The number of allylic oxidation sites excluding steroid dienone is 4. The molecule has 0 aliphatic rings. The fourth-order valence-corrected chi connectivity index (χ4v) is 4.25. The van der Waals surface area contributed by atoms with E-state index in [9.17, 15) is 0 Å². The van der Waals surface area contributed by atoms with Crippen LogP contribution in [0.5, 0.6) is 0 Å². The van der Waals surface area contributed by atoms with E-state index in [4.69, 9.17) is 9.97 Å². The van der Waals surface area contributed by atoms with Crippen LogP contribution in [-0.4, -0.2) is 60.7 Å². The third-order valence-electron chi connectivity index (χ3n) is 5.96. The predicted molar refractivity (Wildman–Crippen MR) is 153 cm³/mol. The van der Waals surface area contributed by atoms with Gasteiger partial charge in [-0.3, -0.25) is 15.1 Å². The number of pyridine rings is 3. The molecule has 190 valence electrons. The van der Waals surface area contributed by atoms with Gasteiger partial charge in [-0.1, -0.05) is 25.3 Å². The summed E-state index contributed by atoms with van der Waals surface area (Å²) in [6, 6.07) is 7.83. The number of hydrogen-bond acceptors (Lipinski definition) is 7. The second kappa shape index (κ2) is 10.6. The Morgan fingerprint density at radius 3 is 2.66 bits per heavy atom. The molecule has 5 rings (SSSR count). The van der Waals surface area contributed by atoms with Gasteiger partial charge in [0.2, 0.25) is 0 Å². The molecule has 0 aliphatic heterocycles. The van der Waals surface area contributed by atoms with Crippen LogP contribution >= 0.6 is 0 Å². The number of rotatable bonds is 9. The zero-order valence-electron chi connectivity index (χ0n) is 21.7. The van der Waals surface area contributed by atoms with Gasteiger partial charge in [0.05, 0.1) is 22.9 Å². The minimum atomic E-state index is 0.611. The van der Waals surface area contributed by atoms with E-state index in [1.54, 1.807) is 30.9 Å². The Balaban J connectivity index is 1.53. The summed E-state index contributed by atoms with van der Waals surface area (Å²) in [6.45, 7) is 10.8. The van der Waals surface area contributed by atoms with Gasteiger partial charge in [-0.25, -0.2) is 9.97 Å². The number of aromatic nitrogens is 7. The molecule has 9 heteroatoms. The topological polar surface area (TPSA) is 111 Å². The third kappa shape index (κ3) is 5.00. The molecule has 0 amide bonds. The van der Waals surface area contributed by atoms with Gasteiger partial charge in [0.15, 0.2) is 11.5 Å². The van der Waals surface area contributed by atoms with Crippen molar-refractivity contribution in [2.24, 2.45) is 0 Å². The predicted octanol–water partition coefficient (Wildman–Crippen LogP) is 5.10. The molecule has 0 unspecified atom stereocenters. The molecular weight excluding hydrogens is 474 g/mol. The van der Waals surface area contributed by atoms with Crippen LogP contribution in [0.25, 0.3) is 50.3 Å². The first-order chi connectivity index (χ1) is 18.5. The van der Waals surface area contributed by atoms with Gasteiger partial charge in [0, 0.05) is 47.7 Å². The van der Waals surface area contributed by atoms with E-state index >= 15 is 0 Å². The smallest absolute Gasteiger partial charge is 0.161 e. The standard InChI is InChI=1S/C29H29N9/c1-6-19(13-21(7-2)32-18(3)17-38(4)5)23-10-11-24-27(33-23)28(37-36-24)29-34-25-16-31-15-22(26(25)35-29)20-9-8-12-30-14-20/h6-16,32H,2-3,17H2,1,4-5H3,(H,34,35)(H,36,37)/b19-6+,21-13+. The average Bonchev–Trinajstić information content (AvgIpc) is 3.54. The van der Waals surface area contributed by atoms with E-state index in [-0.39, 0.29) is 0 Å². The fourth-order valence-electron chi connectivity index (χ4n) is 4.25. The minimum Gasteiger partial charge on any atom is -0.358 e. The van der Waals surface area contributed by atoms with Crippen LogP contribution in [0, 0.1) is 0 Å². The monoisotopic (exact) mass is 503 g/mol. The van der Waals surface area contributed by atoms with Crippen molar-refractivity contribution in [3.05, 3.63) is 97.5 Å². The second-order valence-electron chi connectivity index (χ2n) is 9.09. The molecule has 9 nitrogen and oxygen atoms in total. The summed E-state index contributed by atoms with van der Waals surface area (Å²) in [4.78, 5) is 23.9. The van der Waals surface area contributed by atoms with Crippen molar-refractivity contribution in [2.75, 3.05) is 20.6 Å². The van der Waals surface area contributed by atoms with Crippen molar-refractivity contribution in [1.29, 1.82) is 0 Å². The summed E-state index contributed by atoms with van der Waals surface area (Å²) >= 11 is 0. The van der Waals surface area contributed by atoms with E-state index in [1.807, 2.05) is 57.4 Å². The molecular formula is C29H29N9. The molecule has 0 saturated heterocycles. The van der Waals surface area contributed by atoms with Gasteiger partial charge < -0.3 is 15.2 Å². The highest BCUT2D eigenvalue weighted by Gasteiger charge is 2.17. The first kappa shape index (κ1) is 24.8. The van der Waals surface area contributed by atoms with Crippen LogP contribution in [0.4, 0.5) is 0 Å². The molecule has 5 aromatic heterocycles. The van der Waals surface area contributed by atoms with Crippen molar-refractivity contribution in [3.8, 4) is 22.6 Å². The molecule has 0 saturated carbocycles. The molecule has 0 atom stereocenters. The largest absolute Gasteiger partial charge is 0.358 e. The van der Waals surface area contributed by atoms with Gasteiger partial charge in [0.1, 0.15) is 11.0 Å². The van der Waals surface area contributed by atoms with Gasteiger partial charge in [-0.05, 0) is 56.9 Å². The Hall–Kier alpha value is -4.89.